The van der Waals surface area contributed by atoms with Crippen LogP contribution >= 0.6 is 0 Å². The molecule has 0 saturated carbocycles. The topological polar surface area (TPSA) is 32.8 Å². The van der Waals surface area contributed by atoms with E-state index in [1.54, 1.807) is 0 Å². The van der Waals surface area contributed by atoms with Crippen LogP contribution in [0.3, 0.4) is 0 Å². The summed E-state index contributed by atoms with van der Waals surface area (Å²) in [6.07, 6.45) is 0. The van der Waals surface area contributed by atoms with Crippen molar-refractivity contribution in [2.75, 3.05) is 19.7 Å². The molecule has 0 radical (unpaired) electrons. The molecule has 1 rings (SSSR count). The highest BCUT2D eigenvalue weighted by atomic mass is 28.2. The number of carbonyl (C=O) groups excluding carboxylic acids is 1. The monoisotopic (exact) mass is 342 g/mol. The summed E-state index contributed by atoms with van der Waals surface area (Å²) in [5.74, 6) is 1.49. The second-order valence-corrected chi connectivity index (χ2v) is 9.17. The molecule has 5 heteroatoms. The van der Waals surface area contributed by atoms with Gasteiger partial charge in [0, 0.05) is 19.1 Å². The van der Waals surface area contributed by atoms with Crippen molar-refractivity contribution >= 4 is 16.4 Å². The van der Waals surface area contributed by atoms with E-state index in [2.05, 4.69) is 51.0 Å². The lowest BCUT2D eigenvalue weighted by Gasteiger charge is -2.51. The normalized spacial score (nSPS) is 24.0. The van der Waals surface area contributed by atoms with Crippen molar-refractivity contribution in [3.05, 3.63) is 0 Å². The van der Waals surface area contributed by atoms with Crippen LogP contribution in [0.2, 0.25) is 0 Å². The van der Waals surface area contributed by atoms with Crippen LogP contribution in [-0.2, 0) is 9.53 Å². The molecule has 0 aliphatic carbocycles. The Balaban J connectivity index is 3.18. The second kappa shape index (κ2) is 8.12. The average molecular weight is 343 g/mol. The molecule has 0 spiro atoms. The summed E-state index contributed by atoms with van der Waals surface area (Å²) in [6, 6.07) is 0.508. The Hall–Kier alpha value is -0.393. The smallest absolute Gasteiger partial charge is 0.309 e. The number of rotatable bonds is 7. The van der Waals surface area contributed by atoms with E-state index in [0.29, 0.717) is 30.4 Å². The molecule has 1 fully saturated rings. The summed E-state index contributed by atoms with van der Waals surface area (Å²) in [5, 5.41) is 0. The van der Waals surface area contributed by atoms with E-state index in [1.807, 2.05) is 13.8 Å². The van der Waals surface area contributed by atoms with Gasteiger partial charge in [0.1, 0.15) is 0 Å². The van der Waals surface area contributed by atoms with Gasteiger partial charge in [0.15, 0.2) is 0 Å². The molecule has 0 aromatic rings. The zero-order chi connectivity index (χ0) is 17.9. The standard InChI is InChI=1S/C18H38N2O2Si/c1-9-22-17(21)15(8)10-19-16(12(2)3)11-20(23)18(19,13(4)5)14(6)7/h12-16H,9-11H2,1-8,23H3. The third-order valence-corrected chi connectivity index (χ3v) is 6.64. The van der Waals surface area contributed by atoms with Crippen LogP contribution in [0, 0.1) is 23.7 Å². The third-order valence-electron chi connectivity index (χ3n) is 5.56. The Morgan fingerprint density at radius 1 is 1.17 bits per heavy atom. The molecule has 0 amide bonds. The fourth-order valence-electron chi connectivity index (χ4n) is 4.73. The van der Waals surface area contributed by atoms with Gasteiger partial charge in [-0.3, -0.25) is 9.69 Å². The van der Waals surface area contributed by atoms with Crippen molar-refractivity contribution in [1.82, 2.24) is 9.47 Å². The van der Waals surface area contributed by atoms with Gasteiger partial charge in [-0.15, -0.1) is 0 Å². The lowest BCUT2D eigenvalue weighted by Crippen LogP contribution is -2.62. The fraction of sp³-hybridized carbons (Fsp3) is 0.944. The molecule has 1 saturated heterocycles. The first-order valence-electron chi connectivity index (χ1n) is 9.25. The number of nitrogens with zero attached hydrogens (tertiary/aromatic N) is 2. The fourth-order valence-corrected chi connectivity index (χ4v) is 6.39. The molecule has 0 N–H and O–H groups in total. The molecule has 0 aromatic carbocycles. The first kappa shape index (κ1) is 20.7. The van der Waals surface area contributed by atoms with Crippen molar-refractivity contribution < 1.29 is 9.53 Å². The molecule has 1 aliphatic heterocycles. The molecular weight excluding hydrogens is 304 g/mol. The Morgan fingerprint density at radius 3 is 2.09 bits per heavy atom. The van der Waals surface area contributed by atoms with Gasteiger partial charge in [-0.2, -0.15) is 0 Å². The molecule has 1 heterocycles. The van der Waals surface area contributed by atoms with Crippen molar-refractivity contribution in [3.63, 3.8) is 0 Å². The van der Waals surface area contributed by atoms with E-state index in [9.17, 15) is 4.79 Å². The number of hydrogen-bond donors (Lipinski definition) is 0. The van der Waals surface area contributed by atoms with Crippen LogP contribution in [0.5, 0.6) is 0 Å². The predicted molar refractivity (Wildman–Crippen MR) is 100 cm³/mol. The molecule has 4 nitrogen and oxygen atoms in total. The van der Waals surface area contributed by atoms with E-state index < -0.39 is 0 Å². The maximum atomic E-state index is 12.2. The maximum Gasteiger partial charge on any atom is 0.309 e. The van der Waals surface area contributed by atoms with E-state index in [4.69, 9.17) is 4.74 Å². The van der Waals surface area contributed by atoms with E-state index >= 15 is 0 Å². The number of esters is 1. The molecule has 1 aliphatic rings. The highest BCUT2D eigenvalue weighted by Crippen LogP contribution is 2.43. The van der Waals surface area contributed by atoms with Crippen LogP contribution in [0.25, 0.3) is 0 Å². The minimum Gasteiger partial charge on any atom is -0.466 e. The predicted octanol–water partition coefficient (Wildman–Crippen LogP) is 2.12. The van der Waals surface area contributed by atoms with Gasteiger partial charge >= 0.3 is 5.97 Å². The van der Waals surface area contributed by atoms with E-state index in [1.165, 1.54) is 0 Å². The van der Waals surface area contributed by atoms with E-state index in [-0.39, 0.29) is 17.6 Å². The molecule has 2 unspecified atom stereocenters. The summed E-state index contributed by atoms with van der Waals surface area (Å²) in [6.45, 7) is 20.2. The van der Waals surface area contributed by atoms with Gasteiger partial charge in [0.25, 0.3) is 0 Å². The SMILES string of the molecule is CCOC(=O)C(C)CN1C(C(C)C)CN([SiH3])C1(C(C)C)C(C)C. The molecule has 23 heavy (non-hydrogen) atoms. The third kappa shape index (κ3) is 3.82. The van der Waals surface area contributed by atoms with Crippen LogP contribution in [0.4, 0.5) is 0 Å². The average Bonchev–Trinajstić information content (AvgIpc) is 2.72. The Bertz CT molecular complexity index is 390. The number of carbonyl (C=O) groups is 1. The minimum atomic E-state index is -0.0822. The Kier molecular flexibility index (Phi) is 7.29. The molecule has 0 aromatic heterocycles. The largest absolute Gasteiger partial charge is 0.466 e. The number of hydrogen-bond acceptors (Lipinski definition) is 4. The van der Waals surface area contributed by atoms with Gasteiger partial charge in [-0.25, -0.2) is 0 Å². The quantitative estimate of drug-likeness (QED) is 0.524. The van der Waals surface area contributed by atoms with Gasteiger partial charge in [0.05, 0.1) is 28.6 Å². The first-order chi connectivity index (χ1) is 10.6. The van der Waals surface area contributed by atoms with Crippen molar-refractivity contribution in [1.29, 1.82) is 0 Å². The summed E-state index contributed by atoms with van der Waals surface area (Å²) >= 11 is 0. The summed E-state index contributed by atoms with van der Waals surface area (Å²) in [5.41, 5.74) is 0.0575. The summed E-state index contributed by atoms with van der Waals surface area (Å²) < 4.78 is 7.91. The summed E-state index contributed by atoms with van der Waals surface area (Å²) in [7, 11) is 1.05. The Labute approximate surface area is 146 Å². The molecule has 2 atom stereocenters. The van der Waals surface area contributed by atoms with Crippen LogP contribution < -0.4 is 0 Å². The lowest BCUT2D eigenvalue weighted by molar-refractivity contribution is -0.150. The van der Waals surface area contributed by atoms with Crippen molar-refractivity contribution in [2.24, 2.45) is 23.7 Å². The summed E-state index contributed by atoms with van der Waals surface area (Å²) in [4.78, 5) is 14.8. The number of ether oxygens (including phenoxy) is 1. The second-order valence-electron chi connectivity index (χ2n) is 8.09. The highest BCUT2D eigenvalue weighted by molar-refractivity contribution is 6.05. The van der Waals surface area contributed by atoms with Gasteiger partial charge in [-0.05, 0) is 24.7 Å². The minimum absolute atomic E-state index is 0.0575. The van der Waals surface area contributed by atoms with Gasteiger partial charge in [-0.1, -0.05) is 48.5 Å². The Morgan fingerprint density at radius 2 is 1.70 bits per heavy atom. The van der Waals surface area contributed by atoms with Gasteiger partial charge in [0.2, 0.25) is 0 Å². The van der Waals surface area contributed by atoms with Gasteiger partial charge < -0.3 is 9.30 Å². The van der Waals surface area contributed by atoms with Crippen molar-refractivity contribution in [2.45, 2.75) is 67.1 Å². The maximum absolute atomic E-state index is 12.2. The zero-order valence-corrected chi connectivity index (χ0v) is 18.7. The van der Waals surface area contributed by atoms with E-state index in [0.717, 1.165) is 23.5 Å². The molecule has 136 valence electrons. The lowest BCUT2D eigenvalue weighted by atomic mass is 9.83. The van der Waals surface area contributed by atoms with Crippen LogP contribution in [-0.4, -0.2) is 57.2 Å². The van der Waals surface area contributed by atoms with Crippen LogP contribution in [0.1, 0.15) is 55.4 Å². The van der Waals surface area contributed by atoms with Crippen LogP contribution in [0.15, 0.2) is 0 Å². The molecular formula is C18H38N2O2Si. The van der Waals surface area contributed by atoms with Crippen molar-refractivity contribution in [3.8, 4) is 0 Å². The highest BCUT2D eigenvalue weighted by Gasteiger charge is 2.54. The molecule has 0 bridgehead atoms. The first-order valence-corrected chi connectivity index (χ1v) is 10.1. The zero-order valence-electron chi connectivity index (χ0n) is 16.7.